The summed E-state index contributed by atoms with van der Waals surface area (Å²) in [5.74, 6) is 0. The van der Waals surface area contributed by atoms with Gasteiger partial charge in [0.2, 0.25) is 0 Å². The van der Waals surface area contributed by atoms with Gasteiger partial charge in [-0.15, -0.1) is 0 Å². The van der Waals surface area contributed by atoms with Crippen LogP contribution < -0.4 is 0 Å². The van der Waals surface area contributed by atoms with Gasteiger partial charge in [-0.2, -0.15) is 0 Å². The number of aliphatic hydroxyl groups excluding tert-OH is 1. The van der Waals surface area contributed by atoms with Crippen LogP contribution in [0.4, 0.5) is 0 Å². The summed E-state index contributed by atoms with van der Waals surface area (Å²) in [6, 6.07) is 18.5. The lowest BCUT2D eigenvalue weighted by Crippen LogP contribution is -2.33. The van der Waals surface area contributed by atoms with Gasteiger partial charge in [-0.1, -0.05) is 60.2 Å². The van der Waals surface area contributed by atoms with Crippen molar-refractivity contribution in [2.24, 2.45) is 0 Å². The first-order valence-corrected chi connectivity index (χ1v) is 7.06. The molecule has 2 rings (SSSR count). The second kappa shape index (κ2) is 6.69. The maximum absolute atomic E-state index is 10.5. The van der Waals surface area contributed by atoms with Crippen LogP contribution in [0.1, 0.15) is 29.7 Å². The molecule has 0 aliphatic carbocycles. The smallest absolute Gasteiger partial charge is 0.0942 e. The zero-order valence-corrected chi connectivity index (χ0v) is 12.5. The van der Waals surface area contributed by atoms with Gasteiger partial charge in [-0.05, 0) is 32.0 Å². The average Bonchev–Trinajstić information content (AvgIpc) is 2.47. The number of nitrogens with zero attached hydrogens (tertiary/aromatic N) is 1. The van der Waals surface area contributed by atoms with Gasteiger partial charge in [0, 0.05) is 12.6 Å². The minimum absolute atomic E-state index is 0.0675. The summed E-state index contributed by atoms with van der Waals surface area (Å²) in [7, 11) is 2.05. The predicted octanol–water partition coefficient (Wildman–Crippen LogP) is 3.55. The molecule has 0 saturated carbocycles. The van der Waals surface area contributed by atoms with Crippen LogP contribution in [0.3, 0.4) is 0 Å². The molecule has 2 heteroatoms. The first kappa shape index (κ1) is 14.8. The third kappa shape index (κ3) is 3.69. The summed E-state index contributed by atoms with van der Waals surface area (Å²) >= 11 is 0. The van der Waals surface area contributed by atoms with Crippen LogP contribution in [0.2, 0.25) is 0 Å². The van der Waals surface area contributed by atoms with E-state index >= 15 is 0 Å². The zero-order chi connectivity index (χ0) is 14.5. The Morgan fingerprint density at radius 3 is 2.20 bits per heavy atom. The molecule has 0 aliphatic heterocycles. The van der Waals surface area contributed by atoms with E-state index in [9.17, 15) is 5.11 Å². The summed E-state index contributed by atoms with van der Waals surface area (Å²) in [5.41, 5.74) is 3.45. The van der Waals surface area contributed by atoms with E-state index in [4.69, 9.17) is 0 Å². The lowest BCUT2D eigenvalue weighted by atomic mass is 10.0. The van der Waals surface area contributed by atoms with Crippen LogP contribution in [-0.2, 0) is 6.54 Å². The molecule has 0 fully saturated rings. The number of likely N-dealkylation sites (N-methyl/N-ethyl adjacent to an activating group) is 1. The SMILES string of the molecule is Cc1ccc(C(O)C(C)N(C)Cc2ccccc2)cc1. The van der Waals surface area contributed by atoms with E-state index in [1.54, 1.807) is 0 Å². The molecule has 0 aromatic heterocycles. The van der Waals surface area contributed by atoms with Gasteiger partial charge in [-0.3, -0.25) is 4.90 Å². The number of hydrogen-bond acceptors (Lipinski definition) is 2. The van der Waals surface area contributed by atoms with E-state index in [2.05, 4.69) is 37.9 Å². The Kier molecular flexibility index (Phi) is 4.94. The molecule has 2 aromatic rings. The Labute approximate surface area is 121 Å². The van der Waals surface area contributed by atoms with E-state index in [1.165, 1.54) is 11.1 Å². The summed E-state index contributed by atoms with van der Waals surface area (Å²) in [4.78, 5) is 2.18. The van der Waals surface area contributed by atoms with Crippen LogP contribution in [0, 0.1) is 6.92 Å². The monoisotopic (exact) mass is 269 g/mol. The third-order valence-corrected chi connectivity index (χ3v) is 3.85. The molecule has 2 nitrogen and oxygen atoms in total. The molecular weight excluding hydrogens is 246 g/mol. The van der Waals surface area contributed by atoms with Crippen molar-refractivity contribution in [1.82, 2.24) is 4.90 Å². The highest BCUT2D eigenvalue weighted by Crippen LogP contribution is 2.21. The van der Waals surface area contributed by atoms with Crippen molar-refractivity contribution in [2.75, 3.05) is 7.05 Å². The Morgan fingerprint density at radius 1 is 1.00 bits per heavy atom. The van der Waals surface area contributed by atoms with Gasteiger partial charge < -0.3 is 5.11 Å². The van der Waals surface area contributed by atoms with Gasteiger partial charge in [0.05, 0.1) is 6.10 Å². The van der Waals surface area contributed by atoms with Crippen LogP contribution in [0.25, 0.3) is 0 Å². The Bertz CT molecular complexity index is 521. The molecule has 2 aromatic carbocycles. The van der Waals surface area contributed by atoms with Crippen molar-refractivity contribution >= 4 is 0 Å². The Balaban J connectivity index is 2.02. The maximum Gasteiger partial charge on any atom is 0.0942 e. The van der Waals surface area contributed by atoms with Crippen LogP contribution in [0.5, 0.6) is 0 Å². The molecule has 0 radical (unpaired) electrons. The van der Waals surface area contributed by atoms with Gasteiger partial charge in [0.25, 0.3) is 0 Å². The fourth-order valence-electron chi connectivity index (χ4n) is 2.30. The molecule has 20 heavy (non-hydrogen) atoms. The summed E-state index contributed by atoms with van der Waals surface area (Å²) in [6.07, 6.45) is -0.468. The Hall–Kier alpha value is -1.64. The van der Waals surface area contributed by atoms with Crippen molar-refractivity contribution in [1.29, 1.82) is 0 Å². The van der Waals surface area contributed by atoms with Crippen molar-refractivity contribution in [3.8, 4) is 0 Å². The van der Waals surface area contributed by atoms with Crippen LogP contribution in [-0.4, -0.2) is 23.1 Å². The average molecular weight is 269 g/mol. The van der Waals surface area contributed by atoms with Crippen molar-refractivity contribution in [3.63, 3.8) is 0 Å². The van der Waals surface area contributed by atoms with E-state index in [0.717, 1.165) is 12.1 Å². The lowest BCUT2D eigenvalue weighted by Gasteiger charge is -2.29. The maximum atomic E-state index is 10.5. The largest absolute Gasteiger partial charge is 0.387 e. The highest BCUT2D eigenvalue weighted by molar-refractivity contribution is 5.24. The second-order valence-electron chi connectivity index (χ2n) is 5.50. The quantitative estimate of drug-likeness (QED) is 0.897. The fraction of sp³-hybridized carbons (Fsp3) is 0.333. The highest BCUT2D eigenvalue weighted by Gasteiger charge is 2.20. The molecule has 0 heterocycles. The van der Waals surface area contributed by atoms with Crippen LogP contribution in [0.15, 0.2) is 54.6 Å². The predicted molar refractivity (Wildman–Crippen MR) is 83.5 cm³/mol. The molecular formula is C18H23NO. The second-order valence-corrected chi connectivity index (χ2v) is 5.50. The standard InChI is InChI=1S/C18H23NO/c1-14-9-11-17(12-10-14)18(20)15(2)19(3)13-16-7-5-4-6-8-16/h4-12,15,18,20H,13H2,1-3H3. The molecule has 2 unspecified atom stereocenters. The third-order valence-electron chi connectivity index (χ3n) is 3.85. The first-order chi connectivity index (χ1) is 9.58. The van der Waals surface area contributed by atoms with Crippen molar-refractivity contribution < 1.29 is 5.11 Å². The van der Waals surface area contributed by atoms with Gasteiger partial charge in [0.15, 0.2) is 0 Å². The molecule has 0 amide bonds. The van der Waals surface area contributed by atoms with Gasteiger partial charge in [-0.25, -0.2) is 0 Å². The molecule has 0 aliphatic rings. The van der Waals surface area contributed by atoms with Crippen molar-refractivity contribution in [3.05, 3.63) is 71.3 Å². The Morgan fingerprint density at radius 2 is 1.60 bits per heavy atom. The molecule has 0 saturated heterocycles. The normalized spacial score (nSPS) is 14.2. The van der Waals surface area contributed by atoms with E-state index in [-0.39, 0.29) is 6.04 Å². The molecule has 1 N–H and O–H groups in total. The lowest BCUT2D eigenvalue weighted by molar-refractivity contribution is 0.0688. The topological polar surface area (TPSA) is 23.5 Å². The summed E-state index contributed by atoms with van der Waals surface area (Å²) in [6.45, 7) is 4.96. The minimum atomic E-state index is -0.468. The van der Waals surface area contributed by atoms with E-state index in [1.807, 2.05) is 42.5 Å². The van der Waals surface area contributed by atoms with Crippen LogP contribution >= 0.6 is 0 Å². The number of aryl methyl sites for hydroxylation is 1. The number of hydrogen-bond donors (Lipinski definition) is 1. The fourth-order valence-corrected chi connectivity index (χ4v) is 2.30. The summed E-state index contributed by atoms with van der Waals surface area (Å²) in [5, 5.41) is 10.5. The molecule has 0 bridgehead atoms. The molecule has 0 spiro atoms. The molecule has 2 atom stereocenters. The number of aliphatic hydroxyl groups is 1. The first-order valence-electron chi connectivity index (χ1n) is 7.06. The van der Waals surface area contributed by atoms with Crippen molar-refractivity contribution in [2.45, 2.75) is 32.5 Å². The zero-order valence-electron chi connectivity index (χ0n) is 12.5. The van der Waals surface area contributed by atoms with Gasteiger partial charge in [0.1, 0.15) is 0 Å². The number of rotatable bonds is 5. The van der Waals surface area contributed by atoms with E-state index < -0.39 is 6.10 Å². The van der Waals surface area contributed by atoms with E-state index in [0.29, 0.717) is 0 Å². The highest BCUT2D eigenvalue weighted by atomic mass is 16.3. The molecule has 106 valence electrons. The number of benzene rings is 2. The minimum Gasteiger partial charge on any atom is -0.387 e. The van der Waals surface area contributed by atoms with Gasteiger partial charge >= 0.3 is 0 Å². The summed E-state index contributed by atoms with van der Waals surface area (Å²) < 4.78 is 0.